The zero-order valence-corrected chi connectivity index (χ0v) is 35.2. The van der Waals surface area contributed by atoms with Gasteiger partial charge in [0.05, 0.1) is 104 Å². The zero-order chi connectivity index (χ0) is 40.1. The Kier molecular flexibility index (Phi) is 21.8. The lowest BCUT2D eigenvalue weighted by Crippen LogP contribution is -2.47. The average Bonchev–Trinajstić information content (AvgIpc) is 3.10. The smallest absolute Gasteiger partial charge is 0.321 e. The summed E-state index contributed by atoms with van der Waals surface area (Å²) in [6, 6.07) is 0. The first-order valence-corrected chi connectivity index (χ1v) is 21.6. The molecule has 14 nitrogen and oxygen atoms in total. The van der Waals surface area contributed by atoms with Gasteiger partial charge in [0.1, 0.15) is 26.3 Å². The van der Waals surface area contributed by atoms with Crippen LogP contribution in [0.1, 0.15) is 91.9 Å². The van der Waals surface area contributed by atoms with Crippen molar-refractivity contribution in [3.05, 3.63) is 0 Å². The van der Waals surface area contributed by atoms with Gasteiger partial charge in [0.15, 0.2) is 0 Å². The van der Waals surface area contributed by atoms with Gasteiger partial charge in [0, 0.05) is 0 Å². The van der Waals surface area contributed by atoms with E-state index in [0.717, 1.165) is 40.5 Å². The van der Waals surface area contributed by atoms with Crippen LogP contribution in [0.4, 0.5) is 0 Å². The monoisotopic (exact) mass is 801 g/mol. The molecule has 0 amide bonds. The molecule has 14 heteroatoms. The van der Waals surface area contributed by atoms with Crippen molar-refractivity contribution in [1.82, 2.24) is 5.01 Å². The number of hydrogen-bond acceptors (Lipinski definition) is 14. The molecule has 4 aliphatic carbocycles. The molecule has 326 valence electrons. The number of hydrogen-bond donors (Lipinski definition) is 1. The second-order valence-corrected chi connectivity index (χ2v) is 17.4. The van der Waals surface area contributed by atoms with E-state index in [1.807, 2.05) is 0 Å². The summed E-state index contributed by atoms with van der Waals surface area (Å²) in [4.78, 5) is 24.1. The Labute approximate surface area is 336 Å². The van der Waals surface area contributed by atoms with E-state index in [2.05, 4.69) is 27.7 Å². The van der Waals surface area contributed by atoms with Gasteiger partial charge in [-0.1, -0.05) is 27.7 Å². The van der Waals surface area contributed by atoms with Crippen LogP contribution in [0.3, 0.4) is 0 Å². The first-order valence-electron chi connectivity index (χ1n) is 21.6. The summed E-state index contributed by atoms with van der Waals surface area (Å²) in [7, 11) is 0. The van der Waals surface area contributed by atoms with E-state index in [4.69, 9.17) is 53.2 Å². The normalized spacial score (nSPS) is 30.0. The summed E-state index contributed by atoms with van der Waals surface area (Å²) in [6.07, 6.45) is 12.5. The highest BCUT2D eigenvalue weighted by Gasteiger charge is 2.46. The predicted molar refractivity (Wildman–Crippen MR) is 210 cm³/mol. The molecule has 0 aromatic carbocycles. The highest BCUT2D eigenvalue weighted by Crippen LogP contribution is 2.50. The third-order valence-corrected chi connectivity index (χ3v) is 11.6. The number of ether oxygens (including phenoxy) is 10. The molecule has 2 N–H and O–H groups in total. The topological polar surface area (TPSA) is 156 Å². The molecule has 0 saturated heterocycles. The molecule has 0 radical (unpaired) electrons. The Balaban J connectivity index is 0.844. The second kappa shape index (κ2) is 25.9. The number of nitrogens with zero attached hydrogens (tertiary/aromatic N) is 1. The van der Waals surface area contributed by atoms with Crippen molar-refractivity contribution < 1.29 is 57.0 Å². The van der Waals surface area contributed by atoms with Crippen molar-refractivity contribution in [3.8, 4) is 0 Å². The summed E-state index contributed by atoms with van der Waals surface area (Å²) in [6.45, 7) is 15.4. The molecular formula is C42H76N2O12. The Morgan fingerprint density at radius 3 is 1.02 bits per heavy atom. The van der Waals surface area contributed by atoms with Crippen LogP contribution in [0.5, 0.6) is 0 Å². The minimum Gasteiger partial charge on any atom is -0.462 e. The maximum atomic E-state index is 12.0. The van der Waals surface area contributed by atoms with E-state index >= 15 is 0 Å². The molecule has 4 unspecified atom stereocenters. The van der Waals surface area contributed by atoms with Gasteiger partial charge in [-0.25, -0.2) is 5.01 Å². The summed E-state index contributed by atoms with van der Waals surface area (Å²) in [5, 5.41) is 1.04. The molecule has 4 bridgehead atoms. The average molecular weight is 801 g/mol. The highest BCUT2D eigenvalue weighted by atomic mass is 16.6. The number of nitrogens with two attached hydrogens (primary N) is 1. The number of fused-ring (bicyclic) bond motifs is 4. The summed E-state index contributed by atoms with van der Waals surface area (Å²) < 4.78 is 56.5. The Bertz CT molecular complexity index is 979. The second-order valence-electron chi connectivity index (χ2n) is 17.4. The summed E-state index contributed by atoms with van der Waals surface area (Å²) >= 11 is 0. The van der Waals surface area contributed by atoms with Crippen molar-refractivity contribution in [3.63, 3.8) is 0 Å². The van der Waals surface area contributed by atoms with Crippen molar-refractivity contribution in [2.24, 2.45) is 41.4 Å². The maximum absolute atomic E-state index is 12.0. The Morgan fingerprint density at radius 1 is 0.446 bits per heavy atom. The molecule has 4 saturated carbocycles. The van der Waals surface area contributed by atoms with Crippen LogP contribution >= 0.6 is 0 Å². The molecular weight excluding hydrogens is 724 g/mol. The molecule has 0 spiro atoms. The zero-order valence-electron chi connectivity index (χ0n) is 35.2. The van der Waals surface area contributed by atoms with Gasteiger partial charge >= 0.3 is 11.9 Å². The van der Waals surface area contributed by atoms with Gasteiger partial charge < -0.3 is 47.4 Å². The van der Waals surface area contributed by atoms with Crippen LogP contribution in [0.2, 0.25) is 0 Å². The van der Waals surface area contributed by atoms with Crippen LogP contribution in [0.25, 0.3) is 0 Å². The van der Waals surface area contributed by atoms with E-state index in [1.165, 1.54) is 64.2 Å². The Hall–Kier alpha value is -1.46. The molecule has 4 fully saturated rings. The van der Waals surface area contributed by atoms with E-state index in [9.17, 15) is 9.59 Å². The van der Waals surface area contributed by atoms with Crippen molar-refractivity contribution >= 4 is 11.9 Å². The molecule has 0 aromatic rings. The number of hydrazine groups is 1. The first kappa shape index (κ1) is 47.2. The molecule has 4 aliphatic rings. The molecule has 0 aromatic heterocycles. The van der Waals surface area contributed by atoms with Gasteiger partial charge in [-0.2, -0.15) is 0 Å². The SMILES string of the molecule is CC1CC2CC(C)CC(OCCOCCOCCOCCOC(=O)CN(N)CC(=O)OCCOCCOCCOCCOC34CC(C)CC(CC(C)C3)C4)(C1)C2. The van der Waals surface area contributed by atoms with E-state index in [-0.39, 0.29) is 50.7 Å². The predicted octanol–water partition coefficient (Wildman–Crippen LogP) is 4.59. The van der Waals surface area contributed by atoms with E-state index in [0.29, 0.717) is 79.3 Å². The van der Waals surface area contributed by atoms with Gasteiger partial charge in [-0.05, 0) is 99.7 Å². The van der Waals surface area contributed by atoms with Crippen LogP contribution in [-0.4, -0.2) is 147 Å². The van der Waals surface area contributed by atoms with Gasteiger partial charge in [-0.3, -0.25) is 15.4 Å². The fourth-order valence-corrected chi connectivity index (χ4v) is 10.2. The fourth-order valence-electron chi connectivity index (χ4n) is 10.2. The quantitative estimate of drug-likeness (QED) is 0.0466. The van der Waals surface area contributed by atoms with E-state index in [1.54, 1.807) is 0 Å². The van der Waals surface area contributed by atoms with Crippen LogP contribution in [0.15, 0.2) is 0 Å². The molecule has 4 rings (SSSR count). The molecule has 4 atom stereocenters. The summed E-state index contributed by atoms with van der Waals surface area (Å²) in [5.41, 5.74) is 0.103. The van der Waals surface area contributed by atoms with Crippen molar-refractivity contribution in [2.45, 2.75) is 103 Å². The maximum Gasteiger partial charge on any atom is 0.321 e. The van der Waals surface area contributed by atoms with Gasteiger partial charge in [0.25, 0.3) is 0 Å². The molecule has 0 aliphatic heterocycles. The van der Waals surface area contributed by atoms with Gasteiger partial charge in [-0.15, -0.1) is 0 Å². The minimum atomic E-state index is -0.565. The number of carbonyl (C=O) groups excluding carboxylic acids is 2. The largest absolute Gasteiger partial charge is 0.462 e. The number of esters is 2. The van der Waals surface area contributed by atoms with Gasteiger partial charge in [0.2, 0.25) is 0 Å². The Morgan fingerprint density at radius 2 is 0.714 bits per heavy atom. The standard InChI is InChI=1S/C42H76N2O12/c1-33-21-37-22-34(2)26-41(25-33,29-37)55-19-15-51-11-7-47-5-9-49-13-17-53-39(45)31-44(43)32-40(46)54-18-14-50-10-6-48-8-12-52-16-20-56-42-27-35(3)23-38(30-42)24-36(4)28-42/h33-38H,5-32,43H2,1-4H3. The van der Waals surface area contributed by atoms with Crippen LogP contribution < -0.4 is 5.84 Å². The molecule has 56 heavy (non-hydrogen) atoms. The highest BCUT2D eigenvalue weighted by molar-refractivity contribution is 5.74. The van der Waals surface area contributed by atoms with Crippen LogP contribution in [-0.2, 0) is 57.0 Å². The lowest BCUT2D eigenvalue weighted by Gasteiger charge is -2.49. The lowest BCUT2D eigenvalue weighted by atomic mass is 9.63. The minimum absolute atomic E-state index is 0.0515. The first-order chi connectivity index (χ1) is 27.0. The lowest BCUT2D eigenvalue weighted by molar-refractivity contribution is -0.150. The summed E-state index contributed by atoms with van der Waals surface area (Å²) in [5.74, 6) is 9.24. The molecule has 0 heterocycles. The van der Waals surface area contributed by atoms with Crippen molar-refractivity contribution in [1.29, 1.82) is 0 Å². The number of rotatable bonds is 30. The van der Waals surface area contributed by atoms with Crippen LogP contribution in [0, 0.1) is 35.5 Å². The number of carbonyl (C=O) groups is 2. The fraction of sp³-hybridized carbons (Fsp3) is 0.952. The third-order valence-electron chi connectivity index (χ3n) is 11.6. The van der Waals surface area contributed by atoms with E-state index < -0.39 is 11.9 Å². The van der Waals surface area contributed by atoms with Crippen molar-refractivity contribution in [2.75, 3.05) is 119 Å². The third kappa shape index (κ3) is 18.6.